The number of anilines is 1. The van der Waals surface area contributed by atoms with Crippen LogP contribution < -0.4 is 4.90 Å². The fraction of sp³-hybridized carbons (Fsp3) is 0.320. The predicted molar refractivity (Wildman–Crippen MR) is 118 cm³/mol. The van der Waals surface area contributed by atoms with Crippen molar-refractivity contribution in [3.63, 3.8) is 0 Å². The lowest BCUT2D eigenvalue weighted by Gasteiger charge is -2.30. The van der Waals surface area contributed by atoms with Gasteiger partial charge >= 0.3 is 5.97 Å². The van der Waals surface area contributed by atoms with Crippen LogP contribution in [0.1, 0.15) is 43.5 Å². The molecule has 1 aliphatic rings. The zero-order chi connectivity index (χ0) is 22.9. The van der Waals surface area contributed by atoms with Gasteiger partial charge in [0.15, 0.2) is 11.5 Å². The third-order valence-electron chi connectivity index (χ3n) is 5.41. The fourth-order valence-electron chi connectivity index (χ4n) is 3.71. The number of ketones is 1. The normalized spacial score (nSPS) is 16.6. The van der Waals surface area contributed by atoms with Crippen molar-refractivity contribution in [2.45, 2.75) is 40.2 Å². The Morgan fingerprint density at radius 2 is 1.68 bits per heavy atom. The van der Waals surface area contributed by atoms with Crippen LogP contribution in [-0.4, -0.2) is 29.9 Å². The van der Waals surface area contributed by atoms with Crippen LogP contribution in [-0.2, 0) is 25.5 Å². The van der Waals surface area contributed by atoms with E-state index >= 15 is 0 Å². The number of hydrogen-bond donors (Lipinski definition) is 1. The summed E-state index contributed by atoms with van der Waals surface area (Å²) in [5.41, 5.74) is 2.26. The largest absolute Gasteiger partial charge is 0.503 e. The second-order valence-corrected chi connectivity index (χ2v) is 8.70. The molecule has 1 atom stereocenters. The highest BCUT2D eigenvalue weighted by atomic mass is 16.5. The molecule has 31 heavy (non-hydrogen) atoms. The molecular formula is C25H27NO5. The Hall–Kier alpha value is -3.41. The predicted octanol–water partition coefficient (Wildman–Crippen LogP) is 4.23. The van der Waals surface area contributed by atoms with E-state index in [-0.39, 0.29) is 23.7 Å². The smallest absolute Gasteiger partial charge is 0.309 e. The van der Waals surface area contributed by atoms with E-state index in [1.54, 1.807) is 45.0 Å². The average Bonchev–Trinajstić information content (AvgIpc) is 2.98. The van der Waals surface area contributed by atoms with Crippen molar-refractivity contribution >= 4 is 23.3 Å². The molecule has 0 fully saturated rings. The Bertz CT molecular complexity index is 1060. The molecule has 2 aromatic rings. The molecule has 1 unspecified atom stereocenters. The summed E-state index contributed by atoms with van der Waals surface area (Å²) in [6.07, 6.45) is 0.114. The van der Waals surface area contributed by atoms with Gasteiger partial charge < -0.3 is 9.84 Å². The van der Waals surface area contributed by atoms with Gasteiger partial charge in [0.1, 0.15) is 0 Å². The van der Waals surface area contributed by atoms with Crippen molar-refractivity contribution in [1.29, 1.82) is 0 Å². The summed E-state index contributed by atoms with van der Waals surface area (Å²) in [5, 5.41) is 10.8. The van der Waals surface area contributed by atoms with Crippen molar-refractivity contribution in [2.24, 2.45) is 5.41 Å². The van der Waals surface area contributed by atoms with E-state index in [1.165, 1.54) is 12.0 Å². The number of aliphatic hydroxyl groups is 1. The molecule has 1 aliphatic heterocycles. The van der Waals surface area contributed by atoms with Crippen molar-refractivity contribution in [3.8, 4) is 0 Å². The maximum Gasteiger partial charge on any atom is 0.309 e. The van der Waals surface area contributed by atoms with Gasteiger partial charge in [0.05, 0.1) is 25.1 Å². The highest BCUT2D eigenvalue weighted by Crippen LogP contribution is 2.44. The summed E-state index contributed by atoms with van der Waals surface area (Å²) >= 11 is 0. The molecule has 0 aliphatic carbocycles. The molecule has 6 nitrogen and oxygen atoms in total. The third kappa shape index (κ3) is 4.24. The number of rotatable bonds is 5. The van der Waals surface area contributed by atoms with Crippen molar-refractivity contribution in [2.75, 3.05) is 12.0 Å². The zero-order valence-electron chi connectivity index (χ0n) is 18.4. The van der Waals surface area contributed by atoms with Crippen molar-refractivity contribution in [3.05, 3.63) is 76.6 Å². The van der Waals surface area contributed by atoms with Gasteiger partial charge in [-0.15, -0.1) is 0 Å². The molecule has 0 radical (unpaired) electrons. The quantitative estimate of drug-likeness (QED) is 0.731. The van der Waals surface area contributed by atoms with Gasteiger partial charge in [-0.05, 0) is 35.7 Å². The Morgan fingerprint density at radius 1 is 1.06 bits per heavy atom. The minimum Gasteiger partial charge on any atom is -0.503 e. The molecule has 6 heteroatoms. The van der Waals surface area contributed by atoms with E-state index in [4.69, 9.17) is 4.74 Å². The molecule has 0 bridgehead atoms. The van der Waals surface area contributed by atoms with Gasteiger partial charge in [-0.2, -0.15) is 0 Å². The van der Waals surface area contributed by atoms with Crippen LogP contribution in [0.4, 0.5) is 5.69 Å². The van der Waals surface area contributed by atoms with Crippen LogP contribution in [0.3, 0.4) is 0 Å². The summed E-state index contributed by atoms with van der Waals surface area (Å²) in [6.45, 7) is 7.20. The number of nitrogens with zero attached hydrogens (tertiary/aromatic N) is 1. The first-order valence-electron chi connectivity index (χ1n) is 10.1. The average molecular weight is 421 g/mol. The van der Waals surface area contributed by atoms with Crippen LogP contribution >= 0.6 is 0 Å². The molecular weight excluding hydrogens is 394 g/mol. The zero-order valence-corrected chi connectivity index (χ0v) is 18.4. The second kappa shape index (κ2) is 8.38. The first kappa shape index (κ1) is 22.3. The Kier molecular flexibility index (Phi) is 6.02. The van der Waals surface area contributed by atoms with Crippen molar-refractivity contribution < 1.29 is 24.2 Å². The Labute approximate surface area is 182 Å². The maximum absolute atomic E-state index is 13.3. The number of amides is 1. The van der Waals surface area contributed by atoms with Crippen LogP contribution in [0.25, 0.3) is 0 Å². The van der Waals surface area contributed by atoms with E-state index in [0.29, 0.717) is 5.69 Å². The number of aryl methyl sites for hydroxylation is 1. The lowest BCUT2D eigenvalue weighted by atomic mass is 9.81. The molecule has 162 valence electrons. The highest BCUT2D eigenvalue weighted by molar-refractivity contribution is 6.17. The van der Waals surface area contributed by atoms with Crippen LogP contribution in [0, 0.1) is 12.3 Å². The van der Waals surface area contributed by atoms with E-state index < -0.39 is 23.1 Å². The second-order valence-electron chi connectivity index (χ2n) is 8.70. The monoisotopic (exact) mass is 421 g/mol. The van der Waals surface area contributed by atoms with Crippen LogP contribution in [0.2, 0.25) is 0 Å². The number of methoxy groups -OCH3 is 1. The summed E-state index contributed by atoms with van der Waals surface area (Å²) < 4.78 is 4.69. The number of hydrogen-bond acceptors (Lipinski definition) is 5. The summed E-state index contributed by atoms with van der Waals surface area (Å²) in [4.78, 5) is 39.4. The molecule has 2 aromatic carbocycles. The van der Waals surface area contributed by atoms with Gasteiger partial charge in [0.25, 0.3) is 5.91 Å². The SMILES string of the molecule is COC(=O)Cc1ccc(N2C(=O)C(O)=C(C(=O)C(C)(C)C)C2c2ccccc2C)cc1. The minimum absolute atomic E-state index is 0.102. The third-order valence-corrected chi connectivity index (χ3v) is 5.41. The molecule has 1 N–H and O–H groups in total. The molecule has 0 aromatic heterocycles. The molecule has 0 spiro atoms. The van der Waals surface area contributed by atoms with E-state index in [0.717, 1.165) is 16.7 Å². The van der Waals surface area contributed by atoms with Crippen LogP contribution in [0.15, 0.2) is 59.9 Å². The first-order valence-corrected chi connectivity index (χ1v) is 10.1. The van der Waals surface area contributed by atoms with Gasteiger partial charge in [0, 0.05) is 11.1 Å². The molecule has 3 rings (SSSR count). The number of carbonyl (C=O) groups excluding carboxylic acids is 3. The molecule has 1 heterocycles. The van der Waals surface area contributed by atoms with Gasteiger partial charge in [-0.3, -0.25) is 19.3 Å². The molecule has 0 saturated heterocycles. The van der Waals surface area contributed by atoms with Gasteiger partial charge in [-0.25, -0.2) is 0 Å². The van der Waals surface area contributed by atoms with Gasteiger partial charge in [0.2, 0.25) is 0 Å². The topological polar surface area (TPSA) is 83.9 Å². The van der Waals surface area contributed by atoms with Gasteiger partial charge in [-0.1, -0.05) is 57.2 Å². The number of benzene rings is 2. The maximum atomic E-state index is 13.3. The summed E-state index contributed by atoms with van der Waals surface area (Å²) in [7, 11) is 1.33. The molecule has 1 amide bonds. The number of ether oxygens (including phenoxy) is 1. The minimum atomic E-state index is -0.773. The number of aliphatic hydroxyl groups excluding tert-OH is 1. The molecule has 0 saturated carbocycles. The fourth-order valence-corrected chi connectivity index (χ4v) is 3.71. The number of esters is 1. The van der Waals surface area contributed by atoms with Crippen LogP contribution in [0.5, 0.6) is 0 Å². The van der Waals surface area contributed by atoms with Crippen molar-refractivity contribution in [1.82, 2.24) is 0 Å². The summed E-state index contributed by atoms with van der Waals surface area (Å²) in [6, 6.07) is 13.6. The number of Topliss-reactive ketones (excluding diaryl/α,β-unsaturated/α-hetero) is 1. The summed E-state index contributed by atoms with van der Waals surface area (Å²) in [5.74, 6) is -1.79. The number of carbonyl (C=O) groups is 3. The van der Waals surface area contributed by atoms with E-state index in [9.17, 15) is 19.5 Å². The standard InChI is InChI=1S/C25H27NO5/c1-15-8-6-7-9-18(15)21-20(23(29)25(2,3)4)22(28)24(30)26(21)17-12-10-16(11-13-17)14-19(27)31-5/h6-13,21,28H,14H2,1-5H3. The lowest BCUT2D eigenvalue weighted by Crippen LogP contribution is -2.33. The van der Waals surface area contributed by atoms with E-state index in [1.807, 2.05) is 31.2 Å². The highest BCUT2D eigenvalue weighted by Gasteiger charge is 2.47. The lowest BCUT2D eigenvalue weighted by molar-refractivity contribution is -0.139. The first-order chi connectivity index (χ1) is 14.6. The van der Waals surface area contributed by atoms with E-state index in [2.05, 4.69) is 0 Å². The Morgan fingerprint density at radius 3 is 2.23 bits per heavy atom. The Balaban J connectivity index is 2.11.